The zero-order valence-electron chi connectivity index (χ0n) is 26.2. The molecule has 0 aliphatic heterocycles. The maximum absolute atomic E-state index is 2.48. The summed E-state index contributed by atoms with van der Waals surface area (Å²) >= 11 is 0. The Labute approximate surface area is 278 Å². The van der Waals surface area contributed by atoms with Gasteiger partial charge >= 0.3 is 0 Å². The van der Waals surface area contributed by atoms with Gasteiger partial charge in [0.05, 0.1) is 16.6 Å². The second kappa shape index (κ2) is 10.6. The number of anilines is 3. The highest BCUT2D eigenvalue weighted by Crippen LogP contribution is 2.45. The molecule has 10 rings (SSSR count). The van der Waals surface area contributed by atoms with Gasteiger partial charge in [-0.15, -0.1) is 0 Å². The van der Waals surface area contributed by atoms with Crippen LogP contribution in [0.25, 0.3) is 71.1 Å². The highest BCUT2D eigenvalue weighted by Gasteiger charge is 2.21. The first-order valence-electron chi connectivity index (χ1n) is 16.5. The van der Waals surface area contributed by atoms with E-state index in [-0.39, 0.29) is 0 Å². The van der Waals surface area contributed by atoms with Crippen LogP contribution in [0, 0.1) is 0 Å². The summed E-state index contributed by atoms with van der Waals surface area (Å²) in [4.78, 5) is 2.33. The fraction of sp³-hybridized carbons (Fsp3) is 0. The first-order chi connectivity index (χ1) is 23.8. The fourth-order valence-corrected chi connectivity index (χ4v) is 7.77. The van der Waals surface area contributed by atoms with Crippen LogP contribution in [0.2, 0.25) is 0 Å². The third-order valence-corrected chi connectivity index (χ3v) is 9.91. The quantitative estimate of drug-likeness (QED) is 0.139. The summed E-state index contributed by atoms with van der Waals surface area (Å²) in [6, 6.07) is 66.0. The molecule has 0 saturated heterocycles. The van der Waals surface area contributed by atoms with Gasteiger partial charge in [0.1, 0.15) is 0 Å². The Balaban J connectivity index is 1.15. The van der Waals surface area contributed by atoms with E-state index >= 15 is 0 Å². The molecule has 2 nitrogen and oxygen atoms in total. The number of rotatable bonds is 5. The number of pyridine rings is 1. The predicted octanol–water partition coefficient (Wildman–Crippen LogP) is 12.8. The molecule has 0 spiro atoms. The SMILES string of the molecule is c1ccc(-c2ccc(N(c3ccccc3)c3ccc(-c4cc5c6ccccc6n6c7ccccc7c7cccc4c7c56)cc3)cc2)cc1. The first kappa shape index (κ1) is 26.8. The molecule has 0 radical (unpaired) electrons. The maximum Gasteiger partial charge on any atom is 0.0626 e. The lowest BCUT2D eigenvalue weighted by Gasteiger charge is -2.26. The second-order valence-corrected chi connectivity index (χ2v) is 12.5. The molecule has 0 aliphatic rings. The van der Waals surface area contributed by atoms with E-state index in [4.69, 9.17) is 0 Å². The molecule has 48 heavy (non-hydrogen) atoms. The van der Waals surface area contributed by atoms with Crippen LogP contribution in [-0.2, 0) is 0 Å². The van der Waals surface area contributed by atoms with Crippen molar-refractivity contribution in [1.82, 2.24) is 4.40 Å². The van der Waals surface area contributed by atoms with E-state index in [1.807, 2.05) is 0 Å². The number of aromatic nitrogens is 1. The molecule has 0 aliphatic carbocycles. The summed E-state index contributed by atoms with van der Waals surface area (Å²) in [6.07, 6.45) is 0. The number of para-hydroxylation sites is 3. The normalized spacial score (nSPS) is 11.8. The van der Waals surface area contributed by atoms with Crippen LogP contribution in [0.5, 0.6) is 0 Å². The van der Waals surface area contributed by atoms with Crippen molar-refractivity contribution in [3.63, 3.8) is 0 Å². The van der Waals surface area contributed by atoms with Gasteiger partial charge in [0.25, 0.3) is 0 Å². The standard InChI is InChI=1S/C46H30N2/c1-3-12-31(13-4-1)32-22-26-35(27-23-32)47(34-14-5-2-6-15-34)36-28-24-33(25-29-36)41-30-42-38-17-8-10-21-44(38)48-43-20-9-7-16-37(43)39-18-11-19-40(41)45(39)46(42)48/h1-30H. The summed E-state index contributed by atoms with van der Waals surface area (Å²) in [5.41, 5.74) is 12.1. The highest BCUT2D eigenvalue weighted by atomic mass is 15.1. The zero-order chi connectivity index (χ0) is 31.6. The van der Waals surface area contributed by atoms with Crippen molar-refractivity contribution in [1.29, 1.82) is 0 Å². The average molecular weight is 611 g/mol. The number of hydrogen-bond donors (Lipinski definition) is 0. The lowest BCUT2D eigenvalue weighted by Crippen LogP contribution is -2.09. The lowest BCUT2D eigenvalue weighted by molar-refractivity contribution is 1.28. The van der Waals surface area contributed by atoms with Gasteiger partial charge in [0, 0.05) is 38.6 Å². The molecule has 0 amide bonds. The minimum absolute atomic E-state index is 1.12. The van der Waals surface area contributed by atoms with Gasteiger partial charge in [-0.05, 0) is 87.6 Å². The van der Waals surface area contributed by atoms with E-state index in [1.165, 1.54) is 71.1 Å². The van der Waals surface area contributed by atoms with Crippen LogP contribution in [0.4, 0.5) is 17.1 Å². The van der Waals surface area contributed by atoms with Crippen LogP contribution in [0.3, 0.4) is 0 Å². The van der Waals surface area contributed by atoms with Gasteiger partial charge in [-0.3, -0.25) is 0 Å². The molecular formula is C46H30N2. The Morgan fingerprint density at radius 2 is 0.812 bits per heavy atom. The second-order valence-electron chi connectivity index (χ2n) is 12.5. The Bertz CT molecular complexity index is 2740. The monoisotopic (exact) mass is 610 g/mol. The smallest absolute Gasteiger partial charge is 0.0626 e. The summed E-state index contributed by atoms with van der Waals surface area (Å²) < 4.78 is 2.48. The lowest BCUT2D eigenvalue weighted by atomic mass is 9.92. The minimum Gasteiger partial charge on any atom is -0.311 e. The van der Waals surface area contributed by atoms with Crippen LogP contribution in [-0.4, -0.2) is 4.40 Å². The molecular weight excluding hydrogens is 581 g/mol. The van der Waals surface area contributed by atoms with Gasteiger partial charge < -0.3 is 9.30 Å². The number of fused-ring (bicyclic) bond motifs is 6. The molecule has 0 saturated carbocycles. The van der Waals surface area contributed by atoms with Crippen molar-refractivity contribution in [2.24, 2.45) is 0 Å². The molecule has 224 valence electrons. The zero-order valence-corrected chi connectivity index (χ0v) is 26.2. The number of hydrogen-bond acceptors (Lipinski definition) is 1. The van der Waals surface area contributed by atoms with Crippen LogP contribution >= 0.6 is 0 Å². The predicted molar refractivity (Wildman–Crippen MR) is 204 cm³/mol. The van der Waals surface area contributed by atoms with Gasteiger partial charge in [0.15, 0.2) is 0 Å². The highest BCUT2D eigenvalue weighted by molar-refractivity contribution is 6.31. The molecule has 2 aromatic heterocycles. The van der Waals surface area contributed by atoms with Crippen molar-refractivity contribution in [3.05, 3.63) is 182 Å². The molecule has 8 aromatic carbocycles. The van der Waals surface area contributed by atoms with Gasteiger partial charge in [-0.25, -0.2) is 0 Å². The third kappa shape index (κ3) is 4.00. The van der Waals surface area contributed by atoms with E-state index in [0.717, 1.165) is 17.1 Å². The maximum atomic E-state index is 2.48. The Morgan fingerprint density at radius 3 is 1.48 bits per heavy atom. The van der Waals surface area contributed by atoms with E-state index in [9.17, 15) is 0 Å². The van der Waals surface area contributed by atoms with Crippen LogP contribution < -0.4 is 4.90 Å². The van der Waals surface area contributed by atoms with Gasteiger partial charge in [-0.2, -0.15) is 0 Å². The third-order valence-electron chi connectivity index (χ3n) is 9.91. The van der Waals surface area contributed by atoms with E-state index in [1.54, 1.807) is 0 Å². The summed E-state index contributed by atoms with van der Waals surface area (Å²) in [5, 5.41) is 7.77. The molecule has 2 heterocycles. The summed E-state index contributed by atoms with van der Waals surface area (Å²) in [7, 11) is 0. The molecule has 0 unspecified atom stereocenters. The molecule has 0 atom stereocenters. The minimum atomic E-state index is 1.12. The Kier molecular flexibility index (Phi) is 5.91. The largest absolute Gasteiger partial charge is 0.311 e. The van der Waals surface area contributed by atoms with Gasteiger partial charge in [0.2, 0.25) is 0 Å². The molecule has 0 bridgehead atoms. The number of nitrogens with zero attached hydrogens (tertiary/aromatic N) is 2. The Morgan fingerprint density at radius 1 is 0.333 bits per heavy atom. The van der Waals surface area contributed by atoms with Crippen molar-refractivity contribution < 1.29 is 0 Å². The molecule has 0 N–H and O–H groups in total. The van der Waals surface area contributed by atoms with Crippen molar-refractivity contribution in [2.75, 3.05) is 4.90 Å². The van der Waals surface area contributed by atoms with Crippen molar-refractivity contribution >= 4 is 65.9 Å². The van der Waals surface area contributed by atoms with E-state index in [2.05, 4.69) is 191 Å². The molecule has 0 fully saturated rings. The molecule has 10 aromatic rings. The van der Waals surface area contributed by atoms with E-state index in [0.29, 0.717) is 0 Å². The molecule has 2 heteroatoms. The van der Waals surface area contributed by atoms with Crippen molar-refractivity contribution in [2.45, 2.75) is 0 Å². The summed E-state index contributed by atoms with van der Waals surface area (Å²) in [5.74, 6) is 0. The van der Waals surface area contributed by atoms with Crippen LogP contribution in [0.1, 0.15) is 0 Å². The van der Waals surface area contributed by atoms with E-state index < -0.39 is 0 Å². The first-order valence-corrected chi connectivity index (χ1v) is 16.5. The topological polar surface area (TPSA) is 7.65 Å². The fourth-order valence-electron chi connectivity index (χ4n) is 7.77. The number of benzene rings is 8. The van der Waals surface area contributed by atoms with Crippen LogP contribution in [0.15, 0.2) is 182 Å². The van der Waals surface area contributed by atoms with Crippen molar-refractivity contribution in [3.8, 4) is 22.3 Å². The average Bonchev–Trinajstić information content (AvgIpc) is 3.51. The van der Waals surface area contributed by atoms with Gasteiger partial charge in [-0.1, -0.05) is 127 Å². The Hall–Kier alpha value is -6.38. The summed E-state index contributed by atoms with van der Waals surface area (Å²) in [6.45, 7) is 0.